The zero-order valence-electron chi connectivity index (χ0n) is 16.8. The Kier molecular flexibility index (Phi) is 5.54. The zero-order chi connectivity index (χ0) is 21.7. The van der Waals surface area contributed by atoms with E-state index in [1.54, 1.807) is 6.92 Å². The zero-order valence-corrected chi connectivity index (χ0v) is 16.8. The Morgan fingerprint density at radius 1 is 1.18 bits per heavy atom. The number of aryl methyl sites for hydroxylation is 1. The Morgan fingerprint density at radius 2 is 1.68 bits per heavy atom. The minimum absolute atomic E-state index is 0.356. The topological polar surface area (TPSA) is 106 Å². The van der Waals surface area contributed by atoms with Crippen LogP contribution >= 0.6 is 0 Å². The maximum absolute atomic E-state index is 13.9. The molecule has 1 saturated heterocycles. The number of hydrogen-bond donors (Lipinski definition) is 3. The van der Waals surface area contributed by atoms with Gasteiger partial charge in [0, 0.05) is 12.6 Å². The van der Waals surface area contributed by atoms with Crippen molar-refractivity contribution in [1.29, 1.82) is 0 Å². The summed E-state index contributed by atoms with van der Waals surface area (Å²) in [4.78, 5) is 0. The average molecular weight is 402 g/mol. The van der Waals surface area contributed by atoms with E-state index in [-0.39, 0.29) is 0 Å². The maximum Gasteiger partial charge on any atom is 0.495 e. The van der Waals surface area contributed by atoms with Crippen LogP contribution in [0.1, 0.15) is 38.8 Å². The Hall–Kier alpha value is -1.82. The molecule has 1 aromatic carbocycles. The number of benzene rings is 1. The van der Waals surface area contributed by atoms with Crippen molar-refractivity contribution in [3.05, 3.63) is 29.3 Å². The molecule has 0 aromatic heterocycles. The van der Waals surface area contributed by atoms with Crippen molar-refractivity contribution in [3.63, 3.8) is 0 Å². The van der Waals surface area contributed by atoms with Crippen LogP contribution in [0.4, 0.5) is 13.2 Å². The lowest BCUT2D eigenvalue weighted by Crippen LogP contribution is -2.57. The van der Waals surface area contributed by atoms with Gasteiger partial charge in [-0.1, -0.05) is 23.8 Å². The van der Waals surface area contributed by atoms with Crippen molar-refractivity contribution in [2.75, 3.05) is 7.05 Å². The van der Waals surface area contributed by atoms with Crippen LogP contribution in [0.15, 0.2) is 23.3 Å². The summed E-state index contributed by atoms with van der Waals surface area (Å²) >= 11 is 0. The number of hydrazine groups is 1. The van der Waals surface area contributed by atoms with Crippen LogP contribution in [0.2, 0.25) is 0 Å². The third-order valence-electron chi connectivity index (χ3n) is 5.39. The SMILES string of the molecule is Cc1ccc(C(O)(/C(=N/N)N(C)N)C(F)(F)F)cc1B1OC(C)(C)C(C)(C)O1. The second kappa shape index (κ2) is 6.91. The van der Waals surface area contributed by atoms with Crippen molar-refractivity contribution in [2.24, 2.45) is 16.8 Å². The van der Waals surface area contributed by atoms with E-state index in [0.29, 0.717) is 16.0 Å². The summed E-state index contributed by atoms with van der Waals surface area (Å²) in [6, 6.07) is 3.77. The molecule has 5 N–H and O–H groups in total. The molecule has 1 aliphatic heterocycles. The van der Waals surface area contributed by atoms with Crippen LogP contribution in [-0.4, -0.2) is 47.5 Å². The van der Waals surface area contributed by atoms with E-state index in [0.717, 1.165) is 13.1 Å². The summed E-state index contributed by atoms with van der Waals surface area (Å²) in [6.07, 6.45) is -5.14. The summed E-state index contributed by atoms with van der Waals surface area (Å²) in [5.74, 6) is 9.60. The van der Waals surface area contributed by atoms with Gasteiger partial charge in [-0.2, -0.15) is 18.3 Å². The summed E-state index contributed by atoms with van der Waals surface area (Å²) in [7, 11) is 0.197. The van der Waals surface area contributed by atoms with Crippen LogP contribution in [0.3, 0.4) is 0 Å². The largest absolute Gasteiger partial charge is 0.495 e. The number of hydrogen-bond acceptors (Lipinski definition) is 6. The van der Waals surface area contributed by atoms with Crippen molar-refractivity contribution in [2.45, 2.75) is 57.6 Å². The predicted octanol–water partition coefficient (Wildman–Crippen LogP) is 1.12. The van der Waals surface area contributed by atoms with Gasteiger partial charge in [0.2, 0.25) is 5.60 Å². The highest BCUT2D eigenvalue weighted by atomic mass is 19.4. The minimum Gasteiger partial charge on any atom is -0.399 e. The third-order valence-corrected chi connectivity index (χ3v) is 5.39. The molecule has 28 heavy (non-hydrogen) atoms. The van der Waals surface area contributed by atoms with Gasteiger partial charge >= 0.3 is 13.3 Å². The maximum atomic E-state index is 13.9. The van der Waals surface area contributed by atoms with E-state index in [2.05, 4.69) is 5.10 Å². The van der Waals surface area contributed by atoms with Crippen molar-refractivity contribution in [3.8, 4) is 0 Å². The van der Waals surface area contributed by atoms with Crippen LogP contribution in [0.5, 0.6) is 0 Å². The lowest BCUT2D eigenvalue weighted by Gasteiger charge is -2.34. The van der Waals surface area contributed by atoms with Gasteiger partial charge in [0.15, 0.2) is 5.84 Å². The number of aliphatic hydroxyl groups is 1. The lowest BCUT2D eigenvalue weighted by atomic mass is 9.74. The highest BCUT2D eigenvalue weighted by Gasteiger charge is 2.61. The minimum atomic E-state index is -5.14. The van der Waals surface area contributed by atoms with Gasteiger partial charge in [-0.25, -0.2) is 5.84 Å². The molecule has 0 saturated carbocycles. The molecular weight excluding hydrogens is 376 g/mol. The highest BCUT2D eigenvalue weighted by Crippen LogP contribution is 2.41. The number of halogens is 3. The van der Waals surface area contributed by atoms with E-state index in [9.17, 15) is 18.3 Å². The molecule has 11 heteroatoms. The van der Waals surface area contributed by atoms with Gasteiger partial charge in [-0.3, -0.25) is 5.01 Å². The molecule has 1 aliphatic rings. The monoisotopic (exact) mass is 402 g/mol. The van der Waals surface area contributed by atoms with E-state index >= 15 is 0 Å². The molecule has 1 atom stereocenters. The van der Waals surface area contributed by atoms with Crippen LogP contribution in [0.25, 0.3) is 0 Å². The molecule has 7 nitrogen and oxygen atoms in total. The van der Waals surface area contributed by atoms with Crippen molar-refractivity contribution >= 4 is 18.4 Å². The Labute approximate surface area is 162 Å². The molecule has 1 unspecified atom stereocenters. The van der Waals surface area contributed by atoms with Crippen LogP contribution < -0.4 is 17.1 Å². The first-order chi connectivity index (χ1) is 12.6. The fourth-order valence-corrected chi connectivity index (χ4v) is 2.95. The Bertz CT molecular complexity index is 767. The summed E-state index contributed by atoms with van der Waals surface area (Å²) in [6.45, 7) is 9.05. The second-order valence-corrected chi connectivity index (χ2v) is 7.93. The van der Waals surface area contributed by atoms with Gasteiger partial charge in [-0.05, 0) is 40.1 Å². The fraction of sp³-hybridized carbons (Fsp3) is 0.588. The first-order valence-electron chi connectivity index (χ1n) is 8.61. The molecule has 0 spiro atoms. The van der Waals surface area contributed by atoms with Gasteiger partial charge in [0.05, 0.1) is 11.2 Å². The number of nitrogens with two attached hydrogens (primary N) is 2. The summed E-state index contributed by atoms with van der Waals surface area (Å²) in [5.41, 5.74) is -4.38. The standard InChI is InChI=1S/C17H26BF3N4O3/c1-10-7-8-11(16(26,17(19,20)21)13(24-22)25(6)23)9-12(10)18-27-14(2,3)15(4,5)28-18/h7-9,26H,22-23H2,1-6H3/b24-13-. The van der Waals surface area contributed by atoms with E-state index in [1.807, 2.05) is 27.7 Å². The summed E-state index contributed by atoms with van der Waals surface area (Å²) < 4.78 is 53.6. The molecule has 0 radical (unpaired) electrons. The third kappa shape index (κ3) is 3.47. The molecule has 156 valence electrons. The Balaban J connectivity index is 2.63. The number of hydrazone groups is 1. The lowest BCUT2D eigenvalue weighted by molar-refractivity contribution is -0.238. The first-order valence-corrected chi connectivity index (χ1v) is 8.61. The predicted molar refractivity (Wildman–Crippen MR) is 100 cm³/mol. The molecular formula is C17H26BF3N4O3. The molecule has 0 aliphatic carbocycles. The molecule has 0 amide bonds. The van der Waals surface area contributed by atoms with Gasteiger partial charge in [0.25, 0.3) is 0 Å². The first kappa shape index (κ1) is 22.5. The number of alkyl halides is 3. The number of amidine groups is 1. The normalized spacial score (nSPS) is 21.5. The van der Waals surface area contributed by atoms with Crippen LogP contribution in [0, 0.1) is 6.92 Å². The smallest absolute Gasteiger partial charge is 0.399 e. The number of nitrogens with zero attached hydrogens (tertiary/aromatic N) is 2. The molecule has 2 rings (SSSR count). The summed E-state index contributed by atoms with van der Waals surface area (Å²) in [5, 5.41) is 14.3. The van der Waals surface area contributed by atoms with E-state index < -0.39 is 41.5 Å². The highest BCUT2D eigenvalue weighted by molar-refractivity contribution is 6.62. The van der Waals surface area contributed by atoms with Gasteiger partial charge in [-0.15, -0.1) is 0 Å². The second-order valence-electron chi connectivity index (χ2n) is 7.93. The van der Waals surface area contributed by atoms with E-state index in [4.69, 9.17) is 21.0 Å². The molecule has 1 aromatic rings. The van der Waals surface area contributed by atoms with E-state index in [1.165, 1.54) is 12.1 Å². The van der Waals surface area contributed by atoms with Gasteiger partial charge < -0.3 is 20.3 Å². The van der Waals surface area contributed by atoms with Crippen molar-refractivity contribution in [1.82, 2.24) is 5.01 Å². The Morgan fingerprint density at radius 3 is 2.07 bits per heavy atom. The number of rotatable bonds is 3. The van der Waals surface area contributed by atoms with Crippen LogP contribution in [-0.2, 0) is 14.9 Å². The molecule has 0 bridgehead atoms. The fourth-order valence-electron chi connectivity index (χ4n) is 2.95. The number of likely N-dealkylation sites (N-methyl/N-ethyl adjacent to an activating group) is 1. The van der Waals surface area contributed by atoms with Gasteiger partial charge in [0.1, 0.15) is 0 Å². The quantitative estimate of drug-likeness (QED) is 0.230. The molecule has 1 fully saturated rings. The average Bonchev–Trinajstić information content (AvgIpc) is 2.74. The molecule has 1 heterocycles. The van der Waals surface area contributed by atoms with Crippen molar-refractivity contribution < 1.29 is 27.6 Å².